The summed E-state index contributed by atoms with van der Waals surface area (Å²) in [6.45, 7) is 0. The van der Waals surface area contributed by atoms with E-state index in [1.54, 1.807) is 18.2 Å². The van der Waals surface area contributed by atoms with Crippen molar-refractivity contribution in [2.75, 3.05) is 12.8 Å². The fourth-order valence-corrected chi connectivity index (χ4v) is 2.05. The molecular formula is C11H9Cl2N3O. The Bertz CT molecular complexity index is 560. The zero-order chi connectivity index (χ0) is 12.4. The molecule has 1 aromatic carbocycles. The zero-order valence-electron chi connectivity index (χ0n) is 8.95. The van der Waals surface area contributed by atoms with Crippen molar-refractivity contribution < 1.29 is 4.74 Å². The summed E-state index contributed by atoms with van der Waals surface area (Å²) in [5.41, 5.74) is 6.90. The number of ether oxygens (including phenoxy) is 1. The lowest BCUT2D eigenvalue weighted by molar-refractivity contribution is 0.416. The maximum atomic E-state index is 6.04. The Labute approximate surface area is 108 Å². The van der Waals surface area contributed by atoms with Gasteiger partial charge in [-0.1, -0.05) is 23.2 Å². The number of methoxy groups -OCH3 is 1. The lowest BCUT2D eigenvalue weighted by atomic mass is 10.1. The summed E-state index contributed by atoms with van der Waals surface area (Å²) in [5, 5.41) is 0.926. The number of nitrogen functional groups attached to an aromatic ring is 1. The van der Waals surface area contributed by atoms with Crippen molar-refractivity contribution in [1.29, 1.82) is 0 Å². The third-order valence-corrected chi connectivity index (χ3v) is 2.68. The molecule has 6 heteroatoms. The van der Waals surface area contributed by atoms with Gasteiger partial charge in [-0.3, -0.25) is 0 Å². The Morgan fingerprint density at radius 3 is 2.59 bits per heavy atom. The summed E-state index contributed by atoms with van der Waals surface area (Å²) < 4.78 is 5.23. The van der Waals surface area contributed by atoms with Gasteiger partial charge in [0.2, 0.25) is 0 Å². The SMILES string of the molecule is COc1c(Cl)cc(Cl)cc1-c1cc(N)ncn1. The molecule has 0 saturated carbocycles. The van der Waals surface area contributed by atoms with Gasteiger partial charge in [-0.15, -0.1) is 0 Å². The standard InChI is InChI=1S/C11H9Cl2N3O/c1-17-11-7(2-6(12)3-8(11)13)9-4-10(14)16-5-15-9/h2-5H,1H3,(H2,14,15,16). The van der Waals surface area contributed by atoms with Gasteiger partial charge in [-0.2, -0.15) is 0 Å². The molecule has 1 aromatic heterocycles. The third-order valence-electron chi connectivity index (χ3n) is 2.18. The second-order valence-corrected chi connectivity index (χ2v) is 4.14. The molecule has 2 aromatic rings. The van der Waals surface area contributed by atoms with E-state index in [-0.39, 0.29) is 0 Å². The molecule has 2 N–H and O–H groups in total. The van der Waals surface area contributed by atoms with Crippen molar-refractivity contribution in [2.24, 2.45) is 0 Å². The smallest absolute Gasteiger partial charge is 0.146 e. The van der Waals surface area contributed by atoms with Gasteiger partial charge in [-0.25, -0.2) is 9.97 Å². The van der Waals surface area contributed by atoms with Crippen molar-refractivity contribution in [3.05, 3.63) is 34.6 Å². The summed E-state index contributed by atoms with van der Waals surface area (Å²) in [4.78, 5) is 7.94. The predicted octanol–water partition coefficient (Wildman–Crippen LogP) is 3.04. The molecule has 0 bridgehead atoms. The first-order valence-corrected chi connectivity index (χ1v) is 5.48. The van der Waals surface area contributed by atoms with Crippen molar-refractivity contribution in [2.45, 2.75) is 0 Å². The molecular weight excluding hydrogens is 261 g/mol. The highest BCUT2D eigenvalue weighted by Crippen LogP contribution is 2.38. The fourth-order valence-electron chi connectivity index (χ4n) is 1.48. The van der Waals surface area contributed by atoms with Crippen LogP contribution in [0.4, 0.5) is 5.82 Å². The van der Waals surface area contributed by atoms with Crippen LogP contribution in [0.15, 0.2) is 24.5 Å². The molecule has 0 saturated heterocycles. The quantitative estimate of drug-likeness (QED) is 0.911. The Kier molecular flexibility index (Phi) is 3.36. The Morgan fingerprint density at radius 2 is 1.94 bits per heavy atom. The minimum atomic E-state index is 0.369. The van der Waals surface area contributed by atoms with E-state index < -0.39 is 0 Å². The molecule has 0 atom stereocenters. The number of anilines is 1. The summed E-state index contributed by atoms with van der Waals surface area (Å²) in [6.07, 6.45) is 1.37. The van der Waals surface area contributed by atoms with Gasteiger partial charge in [0.05, 0.1) is 17.8 Å². The van der Waals surface area contributed by atoms with Crippen molar-refractivity contribution in [1.82, 2.24) is 9.97 Å². The van der Waals surface area contributed by atoms with E-state index in [1.807, 2.05) is 0 Å². The average Bonchev–Trinajstić information content (AvgIpc) is 2.28. The number of nitrogens with two attached hydrogens (primary N) is 1. The van der Waals surface area contributed by atoms with Crippen LogP contribution < -0.4 is 10.5 Å². The summed E-state index contributed by atoms with van der Waals surface area (Å²) >= 11 is 12.0. The van der Waals surface area contributed by atoms with E-state index in [2.05, 4.69) is 9.97 Å². The minimum Gasteiger partial charge on any atom is -0.494 e. The lowest BCUT2D eigenvalue weighted by Crippen LogP contribution is -1.95. The van der Waals surface area contributed by atoms with Crippen LogP contribution in [0.1, 0.15) is 0 Å². The Morgan fingerprint density at radius 1 is 1.18 bits per heavy atom. The summed E-state index contributed by atoms with van der Waals surface area (Å²) in [7, 11) is 1.53. The Balaban J connectivity index is 2.65. The number of hydrogen-bond acceptors (Lipinski definition) is 4. The molecule has 0 fully saturated rings. The molecule has 0 aliphatic heterocycles. The van der Waals surface area contributed by atoms with Crippen LogP contribution in [0.25, 0.3) is 11.3 Å². The lowest BCUT2D eigenvalue weighted by Gasteiger charge is -2.10. The highest BCUT2D eigenvalue weighted by atomic mass is 35.5. The van der Waals surface area contributed by atoms with Gasteiger partial charge in [0.1, 0.15) is 17.9 Å². The zero-order valence-corrected chi connectivity index (χ0v) is 10.5. The molecule has 88 valence electrons. The number of hydrogen-bond donors (Lipinski definition) is 1. The minimum absolute atomic E-state index is 0.369. The molecule has 0 unspecified atom stereocenters. The van der Waals surface area contributed by atoms with E-state index >= 15 is 0 Å². The number of rotatable bonds is 2. The summed E-state index contributed by atoms with van der Waals surface area (Å²) in [5.74, 6) is 0.877. The molecule has 0 aliphatic rings. The van der Waals surface area contributed by atoms with Gasteiger partial charge >= 0.3 is 0 Å². The van der Waals surface area contributed by atoms with Crippen LogP contribution in [0.2, 0.25) is 10.0 Å². The fraction of sp³-hybridized carbons (Fsp3) is 0.0909. The van der Waals surface area contributed by atoms with Crippen molar-refractivity contribution >= 4 is 29.0 Å². The predicted molar refractivity (Wildman–Crippen MR) is 68.5 cm³/mol. The largest absolute Gasteiger partial charge is 0.494 e. The number of aromatic nitrogens is 2. The van der Waals surface area contributed by atoms with Crippen LogP contribution in [0.5, 0.6) is 5.75 Å². The van der Waals surface area contributed by atoms with E-state index in [0.717, 1.165) is 0 Å². The first-order chi connectivity index (χ1) is 8.11. The molecule has 2 rings (SSSR count). The average molecular weight is 270 g/mol. The van der Waals surface area contributed by atoms with E-state index in [9.17, 15) is 0 Å². The van der Waals surface area contributed by atoms with E-state index in [4.69, 9.17) is 33.7 Å². The monoisotopic (exact) mass is 269 g/mol. The molecule has 17 heavy (non-hydrogen) atoms. The first kappa shape index (κ1) is 12.0. The normalized spacial score (nSPS) is 10.3. The topological polar surface area (TPSA) is 61.0 Å². The van der Waals surface area contributed by atoms with Gasteiger partial charge < -0.3 is 10.5 Å². The van der Waals surface area contributed by atoms with Gasteiger partial charge in [0, 0.05) is 16.7 Å². The van der Waals surface area contributed by atoms with Gasteiger partial charge in [-0.05, 0) is 12.1 Å². The van der Waals surface area contributed by atoms with E-state index in [0.29, 0.717) is 32.9 Å². The van der Waals surface area contributed by atoms with Crippen LogP contribution in [-0.2, 0) is 0 Å². The molecule has 0 aliphatic carbocycles. The van der Waals surface area contributed by atoms with Crippen molar-refractivity contribution in [3.63, 3.8) is 0 Å². The number of nitrogens with zero attached hydrogens (tertiary/aromatic N) is 2. The molecule has 0 radical (unpaired) electrons. The maximum Gasteiger partial charge on any atom is 0.146 e. The highest BCUT2D eigenvalue weighted by molar-refractivity contribution is 6.36. The van der Waals surface area contributed by atoms with Gasteiger partial charge in [0.25, 0.3) is 0 Å². The first-order valence-electron chi connectivity index (χ1n) is 4.72. The molecule has 1 heterocycles. The second-order valence-electron chi connectivity index (χ2n) is 3.30. The maximum absolute atomic E-state index is 6.04. The van der Waals surface area contributed by atoms with Crippen molar-refractivity contribution in [3.8, 4) is 17.0 Å². The number of halogens is 2. The van der Waals surface area contributed by atoms with E-state index in [1.165, 1.54) is 13.4 Å². The molecule has 4 nitrogen and oxygen atoms in total. The van der Waals surface area contributed by atoms with Crippen LogP contribution in [-0.4, -0.2) is 17.1 Å². The summed E-state index contributed by atoms with van der Waals surface area (Å²) in [6, 6.07) is 4.95. The number of benzene rings is 1. The Hall–Kier alpha value is -1.52. The van der Waals surface area contributed by atoms with Crippen LogP contribution >= 0.6 is 23.2 Å². The highest BCUT2D eigenvalue weighted by Gasteiger charge is 2.13. The molecule has 0 spiro atoms. The third kappa shape index (κ3) is 2.43. The second kappa shape index (κ2) is 4.77. The van der Waals surface area contributed by atoms with Crippen LogP contribution in [0.3, 0.4) is 0 Å². The van der Waals surface area contributed by atoms with Crippen LogP contribution in [0, 0.1) is 0 Å². The van der Waals surface area contributed by atoms with Gasteiger partial charge in [0.15, 0.2) is 0 Å². The molecule has 0 amide bonds.